The molecule has 1 aliphatic rings. The fourth-order valence-corrected chi connectivity index (χ4v) is 5.18. The summed E-state index contributed by atoms with van der Waals surface area (Å²) in [6, 6.07) is 21.0. The maximum Gasteiger partial charge on any atom is 0.287 e. The molecule has 1 N–H and O–H groups in total. The van der Waals surface area contributed by atoms with Gasteiger partial charge in [-0.15, -0.1) is 0 Å². The Morgan fingerprint density at radius 3 is 2.24 bits per heavy atom. The molecule has 1 fully saturated rings. The molecule has 2 aromatic carbocycles. The molecule has 7 nitrogen and oxygen atoms in total. The van der Waals surface area contributed by atoms with Gasteiger partial charge in [-0.2, -0.15) is 0 Å². The van der Waals surface area contributed by atoms with Crippen molar-refractivity contribution in [2.45, 2.75) is 16.7 Å². The van der Waals surface area contributed by atoms with E-state index in [0.717, 1.165) is 31.7 Å². The summed E-state index contributed by atoms with van der Waals surface area (Å²) in [5.74, 6) is -0.318. The van der Waals surface area contributed by atoms with Crippen LogP contribution in [0.4, 0.5) is 0 Å². The van der Waals surface area contributed by atoms with Crippen LogP contribution in [0.1, 0.15) is 27.9 Å². The predicted octanol–water partition coefficient (Wildman–Crippen LogP) is 2.97. The molecule has 0 bridgehead atoms. The van der Waals surface area contributed by atoms with Crippen molar-refractivity contribution in [3.63, 3.8) is 0 Å². The van der Waals surface area contributed by atoms with Gasteiger partial charge in [0.2, 0.25) is 0 Å². The molecule has 3 aromatic rings. The van der Waals surface area contributed by atoms with Crippen LogP contribution in [0.25, 0.3) is 0 Å². The van der Waals surface area contributed by atoms with Crippen LogP contribution in [0.2, 0.25) is 0 Å². The Bertz CT molecular complexity index is 1150. The zero-order valence-electron chi connectivity index (χ0n) is 18.7. The molecule has 0 aliphatic carbocycles. The molecule has 174 valence electrons. The Kier molecular flexibility index (Phi) is 7.27. The highest BCUT2D eigenvalue weighted by Crippen LogP contribution is 2.20. The molecule has 1 amide bonds. The SMILES string of the molecule is CN1CCN(CC(NC(=O)c2ccc(CS(=O)(=O)c3ccccc3)o2)c2ccccc2)CC1. The molecule has 2 heterocycles. The number of carbonyl (C=O) groups is 1. The lowest BCUT2D eigenvalue weighted by Gasteiger charge is -2.34. The fourth-order valence-electron chi connectivity index (χ4n) is 3.91. The van der Waals surface area contributed by atoms with Gasteiger partial charge >= 0.3 is 0 Å². The number of likely N-dealkylation sites (N-methyl/N-ethyl adjacent to an activating group) is 1. The number of amides is 1. The first kappa shape index (κ1) is 23.2. The Morgan fingerprint density at radius 2 is 1.58 bits per heavy atom. The number of benzene rings is 2. The van der Waals surface area contributed by atoms with E-state index in [-0.39, 0.29) is 34.1 Å². The lowest BCUT2D eigenvalue weighted by Crippen LogP contribution is -2.47. The van der Waals surface area contributed by atoms with Gasteiger partial charge in [-0.1, -0.05) is 48.5 Å². The van der Waals surface area contributed by atoms with E-state index in [2.05, 4.69) is 22.2 Å². The van der Waals surface area contributed by atoms with Crippen molar-refractivity contribution in [1.29, 1.82) is 0 Å². The van der Waals surface area contributed by atoms with Gasteiger partial charge in [0.25, 0.3) is 5.91 Å². The Balaban J connectivity index is 1.45. The molecule has 8 heteroatoms. The van der Waals surface area contributed by atoms with Crippen LogP contribution in [0, 0.1) is 0 Å². The van der Waals surface area contributed by atoms with Crippen molar-refractivity contribution in [1.82, 2.24) is 15.1 Å². The highest BCUT2D eigenvalue weighted by atomic mass is 32.2. The van der Waals surface area contributed by atoms with Crippen LogP contribution in [0.3, 0.4) is 0 Å². The molecule has 1 aromatic heterocycles. The summed E-state index contributed by atoms with van der Waals surface area (Å²) in [5.41, 5.74) is 1.02. The minimum absolute atomic E-state index is 0.104. The fraction of sp³-hybridized carbons (Fsp3) is 0.320. The standard InChI is InChI=1S/C25H29N3O4S/c1-27-14-16-28(17-15-27)18-23(20-8-4-2-5-9-20)26-25(29)24-13-12-21(32-24)19-33(30,31)22-10-6-3-7-11-22/h2-13,23H,14-19H2,1H3,(H,26,29). The molecular formula is C25H29N3O4S. The van der Waals surface area contributed by atoms with E-state index in [1.165, 1.54) is 6.07 Å². The second-order valence-electron chi connectivity index (χ2n) is 8.38. The number of piperazine rings is 1. The molecule has 1 aliphatic heterocycles. The molecule has 1 atom stereocenters. The van der Waals surface area contributed by atoms with Crippen molar-refractivity contribution in [2.75, 3.05) is 39.8 Å². The van der Waals surface area contributed by atoms with Crippen LogP contribution in [0.5, 0.6) is 0 Å². The van der Waals surface area contributed by atoms with Crippen molar-refractivity contribution in [3.8, 4) is 0 Å². The number of hydrogen-bond donors (Lipinski definition) is 1. The summed E-state index contributed by atoms with van der Waals surface area (Å²) in [4.78, 5) is 17.9. The number of carbonyl (C=O) groups excluding carboxylic acids is 1. The molecule has 1 saturated heterocycles. The maximum atomic E-state index is 13.0. The molecular weight excluding hydrogens is 438 g/mol. The molecule has 0 spiro atoms. The van der Waals surface area contributed by atoms with E-state index in [4.69, 9.17) is 4.42 Å². The number of rotatable bonds is 8. The van der Waals surface area contributed by atoms with E-state index >= 15 is 0 Å². The molecule has 1 unspecified atom stereocenters. The maximum absolute atomic E-state index is 13.0. The third-order valence-electron chi connectivity index (χ3n) is 5.86. The van der Waals surface area contributed by atoms with E-state index in [9.17, 15) is 13.2 Å². The van der Waals surface area contributed by atoms with E-state index in [1.807, 2.05) is 30.3 Å². The minimum atomic E-state index is -3.55. The van der Waals surface area contributed by atoms with Crippen LogP contribution in [-0.4, -0.2) is 63.9 Å². The van der Waals surface area contributed by atoms with Crippen molar-refractivity contribution in [3.05, 3.63) is 89.9 Å². The molecule has 4 rings (SSSR count). The minimum Gasteiger partial charge on any atom is -0.455 e. The van der Waals surface area contributed by atoms with Gasteiger partial charge < -0.3 is 14.6 Å². The third-order valence-corrected chi connectivity index (χ3v) is 7.52. The zero-order valence-corrected chi connectivity index (χ0v) is 19.5. The summed E-state index contributed by atoms with van der Waals surface area (Å²) in [7, 11) is -1.44. The second kappa shape index (κ2) is 10.3. The normalized spacial score (nSPS) is 16.4. The molecule has 33 heavy (non-hydrogen) atoms. The van der Waals surface area contributed by atoms with Gasteiger partial charge in [0.1, 0.15) is 11.5 Å². The summed E-state index contributed by atoms with van der Waals surface area (Å²) in [6.07, 6.45) is 0. The van der Waals surface area contributed by atoms with E-state index in [1.54, 1.807) is 36.4 Å². The van der Waals surface area contributed by atoms with Crippen LogP contribution < -0.4 is 5.32 Å². The quantitative estimate of drug-likeness (QED) is 0.549. The highest BCUT2D eigenvalue weighted by Gasteiger charge is 2.24. The van der Waals surface area contributed by atoms with Gasteiger partial charge in [0.15, 0.2) is 15.6 Å². The highest BCUT2D eigenvalue weighted by molar-refractivity contribution is 7.90. The zero-order chi connectivity index (χ0) is 23.3. The van der Waals surface area contributed by atoms with Crippen molar-refractivity contribution >= 4 is 15.7 Å². The van der Waals surface area contributed by atoms with Crippen LogP contribution in [0.15, 0.2) is 82.1 Å². The first-order chi connectivity index (χ1) is 15.9. The molecule has 0 radical (unpaired) electrons. The lowest BCUT2D eigenvalue weighted by atomic mass is 10.1. The number of hydrogen-bond acceptors (Lipinski definition) is 6. The first-order valence-corrected chi connectivity index (χ1v) is 12.7. The van der Waals surface area contributed by atoms with Gasteiger partial charge in [0.05, 0.1) is 10.9 Å². The van der Waals surface area contributed by atoms with Gasteiger partial charge in [-0.25, -0.2) is 8.42 Å². The Labute approximate surface area is 194 Å². The number of sulfone groups is 1. The summed E-state index contributed by atoms with van der Waals surface area (Å²) < 4.78 is 30.9. The Morgan fingerprint density at radius 1 is 0.939 bits per heavy atom. The average molecular weight is 468 g/mol. The first-order valence-electron chi connectivity index (χ1n) is 11.0. The Hall–Kier alpha value is -2.94. The van der Waals surface area contributed by atoms with Gasteiger partial charge in [-0.3, -0.25) is 9.69 Å². The summed E-state index contributed by atoms with van der Waals surface area (Å²) in [5, 5.41) is 3.08. The monoisotopic (exact) mass is 467 g/mol. The van der Waals surface area contributed by atoms with Crippen molar-refractivity contribution < 1.29 is 17.6 Å². The lowest BCUT2D eigenvalue weighted by molar-refractivity contribution is 0.0878. The van der Waals surface area contributed by atoms with E-state index in [0.29, 0.717) is 6.54 Å². The third kappa shape index (κ3) is 6.10. The largest absolute Gasteiger partial charge is 0.455 e. The smallest absolute Gasteiger partial charge is 0.287 e. The topological polar surface area (TPSA) is 82.9 Å². The van der Waals surface area contributed by atoms with Crippen molar-refractivity contribution in [2.24, 2.45) is 0 Å². The van der Waals surface area contributed by atoms with Gasteiger partial charge in [-0.05, 0) is 36.9 Å². The number of furan rings is 1. The molecule has 0 saturated carbocycles. The number of nitrogens with zero attached hydrogens (tertiary/aromatic N) is 2. The van der Waals surface area contributed by atoms with Gasteiger partial charge in [0, 0.05) is 32.7 Å². The second-order valence-corrected chi connectivity index (χ2v) is 10.4. The summed E-state index contributed by atoms with van der Waals surface area (Å²) in [6.45, 7) is 4.56. The predicted molar refractivity (Wildman–Crippen MR) is 127 cm³/mol. The summed E-state index contributed by atoms with van der Waals surface area (Å²) >= 11 is 0. The van der Waals surface area contributed by atoms with Crippen LogP contribution in [-0.2, 0) is 15.6 Å². The average Bonchev–Trinajstić information content (AvgIpc) is 3.29. The number of nitrogens with one attached hydrogen (secondary N) is 1. The van der Waals surface area contributed by atoms with Crippen LogP contribution >= 0.6 is 0 Å². The van der Waals surface area contributed by atoms with E-state index < -0.39 is 9.84 Å².